The van der Waals surface area contributed by atoms with E-state index in [4.69, 9.17) is 11.6 Å². The Morgan fingerprint density at radius 3 is 3.00 bits per heavy atom. The summed E-state index contributed by atoms with van der Waals surface area (Å²) in [5.74, 6) is -0.565. The average molecular weight is 270 g/mol. The van der Waals surface area contributed by atoms with E-state index < -0.39 is 11.9 Å². The molecule has 2 aromatic rings. The number of nitrogens with zero attached hydrogens (tertiary/aromatic N) is 3. The lowest BCUT2D eigenvalue weighted by Crippen LogP contribution is -2.13. The zero-order chi connectivity index (χ0) is 13.1. The second-order valence-corrected chi connectivity index (χ2v) is 4.28. The fourth-order valence-corrected chi connectivity index (χ4v) is 2.01. The van der Waals surface area contributed by atoms with Gasteiger partial charge in [0.05, 0.1) is 16.9 Å². The van der Waals surface area contributed by atoms with Gasteiger partial charge in [0.15, 0.2) is 0 Å². The molecule has 0 aliphatic heterocycles. The van der Waals surface area contributed by atoms with Gasteiger partial charge in [0, 0.05) is 12.7 Å². The minimum atomic E-state index is -1.22. The molecule has 2 rings (SSSR count). The van der Waals surface area contributed by atoms with Crippen LogP contribution >= 0.6 is 11.6 Å². The van der Waals surface area contributed by atoms with Crippen molar-refractivity contribution in [1.82, 2.24) is 14.8 Å². The van der Waals surface area contributed by atoms with E-state index in [2.05, 4.69) is 10.1 Å². The number of rotatable bonds is 4. The lowest BCUT2D eigenvalue weighted by molar-refractivity contribution is 0.197. The molecule has 4 nitrogen and oxygen atoms in total. The van der Waals surface area contributed by atoms with Gasteiger partial charge in [0.2, 0.25) is 0 Å². The van der Waals surface area contributed by atoms with Crippen LogP contribution in [0.2, 0.25) is 5.02 Å². The first-order chi connectivity index (χ1) is 8.65. The van der Waals surface area contributed by atoms with E-state index in [1.54, 1.807) is 4.68 Å². The molecule has 0 radical (unpaired) electrons. The van der Waals surface area contributed by atoms with Crippen LogP contribution in [0.5, 0.6) is 0 Å². The first-order valence-corrected chi connectivity index (χ1v) is 6.02. The van der Waals surface area contributed by atoms with Crippen molar-refractivity contribution in [2.45, 2.75) is 26.0 Å². The van der Waals surface area contributed by atoms with Crippen molar-refractivity contribution in [3.63, 3.8) is 0 Å². The second-order valence-electron chi connectivity index (χ2n) is 3.87. The summed E-state index contributed by atoms with van der Waals surface area (Å²) in [6, 6.07) is 2.72. The molecule has 2 heterocycles. The molecule has 0 aliphatic rings. The van der Waals surface area contributed by atoms with Crippen LogP contribution in [0.25, 0.3) is 0 Å². The highest BCUT2D eigenvalue weighted by atomic mass is 35.5. The lowest BCUT2D eigenvalue weighted by Gasteiger charge is -2.13. The molecule has 0 amide bonds. The maximum absolute atomic E-state index is 13.6. The van der Waals surface area contributed by atoms with Crippen LogP contribution in [0.4, 0.5) is 4.39 Å². The molecule has 0 aromatic carbocycles. The number of aryl methyl sites for hydroxylation is 1. The van der Waals surface area contributed by atoms with E-state index in [1.807, 2.05) is 6.92 Å². The minimum Gasteiger partial charge on any atom is -0.380 e. The number of hydrogen-bond donors (Lipinski definition) is 1. The van der Waals surface area contributed by atoms with Gasteiger partial charge in [0.1, 0.15) is 17.6 Å². The summed E-state index contributed by atoms with van der Waals surface area (Å²) in [5, 5.41) is 14.6. The van der Waals surface area contributed by atoms with E-state index in [0.29, 0.717) is 17.3 Å². The van der Waals surface area contributed by atoms with Gasteiger partial charge in [-0.1, -0.05) is 18.5 Å². The first kappa shape index (κ1) is 13.0. The maximum atomic E-state index is 13.6. The monoisotopic (exact) mass is 269 g/mol. The Morgan fingerprint density at radius 2 is 2.33 bits per heavy atom. The number of hydrogen-bond acceptors (Lipinski definition) is 3. The lowest BCUT2D eigenvalue weighted by atomic mass is 10.1. The Kier molecular flexibility index (Phi) is 3.93. The van der Waals surface area contributed by atoms with E-state index in [9.17, 15) is 9.50 Å². The topological polar surface area (TPSA) is 50.9 Å². The molecule has 0 fully saturated rings. The van der Waals surface area contributed by atoms with E-state index in [-0.39, 0.29) is 5.69 Å². The molecule has 18 heavy (non-hydrogen) atoms. The van der Waals surface area contributed by atoms with Gasteiger partial charge >= 0.3 is 0 Å². The van der Waals surface area contributed by atoms with Gasteiger partial charge in [-0.25, -0.2) is 4.39 Å². The molecule has 0 spiro atoms. The van der Waals surface area contributed by atoms with Gasteiger partial charge in [0.25, 0.3) is 0 Å². The maximum Gasteiger partial charge on any atom is 0.147 e. The molecular formula is C12H13ClFN3O. The van der Waals surface area contributed by atoms with Crippen molar-refractivity contribution in [1.29, 1.82) is 0 Å². The van der Waals surface area contributed by atoms with Crippen LogP contribution < -0.4 is 0 Å². The van der Waals surface area contributed by atoms with E-state index in [0.717, 1.165) is 6.42 Å². The molecular weight excluding hydrogens is 257 g/mol. The SMILES string of the molecule is CCCn1ncc(Cl)c1C(O)c1ncccc1F. The average Bonchev–Trinajstić information content (AvgIpc) is 2.71. The summed E-state index contributed by atoms with van der Waals surface area (Å²) in [5.41, 5.74) is 0.327. The van der Waals surface area contributed by atoms with Crippen LogP contribution in [0.1, 0.15) is 30.8 Å². The minimum absolute atomic E-state index is 0.0442. The number of pyridine rings is 1. The van der Waals surface area contributed by atoms with Crippen LogP contribution in [0.15, 0.2) is 24.5 Å². The van der Waals surface area contributed by atoms with Crippen molar-refractivity contribution in [3.8, 4) is 0 Å². The largest absolute Gasteiger partial charge is 0.380 e. The zero-order valence-corrected chi connectivity index (χ0v) is 10.6. The number of halogens is 2. The van der Waals surface area contributed by atoms with Crippen LogP contribution in [-0.2, 0) is 6.54 Å². The highest BCUT2D eigenvalue weighted by Gasteiger charge is 2.23. The quantitative estimate of drug-likeness (QED) is 0.928. The molecule has 2 aromatic heterocycles. The molecule has 1 unspecified atom stereocenters. The first-order valence-electron chi connectivity index (χ1n) is 5.64. The third kappa shape index (κ3) is 2.37. The summed E-state index contributed by atoms with van der Waals surface area (Å²) in [7, 11) is 0. The summed E-state index contributed by atoms with van der Waals surface area (Å²) in [4.78, 5) is 3.85. The molecule has 1 atom stereocenters. The number of aliphatic hydroxyl groups is 1. The Bertz CT molecular complexity index is 544. The van der Waals surface area contributed by atoms with Crippen molar-refractivity contribution in [2.75, 3.05) is 0 Å². The smallest absolute Gasteiger partial charge is 0.147 e. The summed E-state index contributed by atoms with van der Waals surface area (Å²) in [6.45, 7) is 2.58. The molecule has 6 heteroatoms. The van der Waals surface area contributed by atoms with Gasteiger partial charge in [-0.2, -0.15) is 5.10 Å². The zero-order valence-electron chi connectivity index (χ0n) is 9.85. The predicted molar refractivity (Wildman–Crippen MR) is 65.8 cm³/mol. The predicted octanol–water partition coefficient (Wildman–Crippen LogP) is 2.56. The Hall–Kier alpha value is -1.46. The van der Waals surface area contributed by atoms with Gasteiger partial charge in [-0.3, -0.25) is 9.67 Å². The molecule has 1 N–H and O–H groups in total. The van der Waals surface area contributed by atoms with E-state index >= 15 is 0 Å². The van der Waals surface area contributed by atoms with E-state index in [1.165, 1.54) is 24.5 Å². The van der Waals surface area contributed by atoms with Gasteiger partial charge in [-0.15, -0.1) is 0 Å². The van der Waals surface area contributed by atoms with Gasteiger partial charge in [-0.05, 0) is 18.6 Å². The fraction of sp³-hybridized carbons (Fsp3) is 0.333. The normalized spacial score (nSPS) is 12.7. The summed E-state index contributed by atoms with van der Waals surface area (Å²) >= 11 is 5.98. The molecule has 0 bridgehead atoms. The van der Waals surface area contributed by atoms with Crippen molar-refractivity contribution >= 4 is 11.6 Å². The number of aliphatic hydroxyl groups excluding tert-OH is 1. The molecule has 0 aliphatic carbocycles. The van der Waals surface area contributed by atoms with Crippen LogP contribution in [0.3, 0.4) is 0 Å². The molecule has 0 saturated heterocycles. The number of aromatic nitrogens is 3. The third-order valence-corrected chi connectivity index (χ3v) is 2.86. The van der Waals surface area contributed by atoms with Crippen molar-refractivity contribution in [3.05, 3.63) is 46.8 Å². The third-order valence-electron chi connectivity index (χ3n) is 2.57. The fourth-order valence-electron chi connectivity index (χ4n) is 1.76. The second kappa shape index (κ2) is 5.46. The summed E-state index contributed by atoms with van der Waals surface area (Å²) in [6.07, 6.45) is 2.49. The highest BCUT2D eigenvalue weighted by molar-refractivity contribution is 6.31. The van der Waals surface area contributed by atoms with Crippen molar-refractivity contribution < 1.29 is 9.50 Å². The van der Waals surface area contributed by atoms with Crippen molar-refractivity contribution in [2.24, 2.45) is 0 Å². The Labute approximate surface area is 109 Å². The summed E-state index contributed by atoms with van der Waals surface area (Å²) < 4.78 is 15.2. The highest BCUT2D eigenvalue weighted by Crippen LogP contribution is 2.28. The Balaban J connectivity index is 2.42. The van der Waals surface area contributed by atoms with Crippen LogP contribution in [-0.4, -0.2) is 19.9 Å². The van der Waals surface area contributed by atoms with Crippen LogP contribution in [0, 0.1) is 5.82 Å². The standard InChI is InChI=1S/C12H13ClFN3O/c1-2-6-17-11(8(13)7-16-17)12(18)10-9(14)4-3-5-15-10/h3-5,7,12,18H,2,6H2,1H3. The van der Waals surface area contributed by atoms with Gasteiger partial charge < -0.3 is 5.11 Å². The Morgan fingerprint density at radius 1 is 1.56 bits per heavy atom. The molecule has 96 valence electrons. The molecule has 0 saturated carbocycles.